The SMILES string of the molecule is CCN(CC)C(=O)CCNCc1cccc2cnccc12. The van der Waals surface area contributed by atoms with E-state index in [1.54, 1.807) is 0 Å². The van der Waals surface area contributed by atoms with Gasteiger partial charge in [-0.15, -0.1) is 0 Å². The first kappa shape index (κ1) is 15.4. The van der Waals surface area contributed by atoms with E-state index in [9.17, 15) is 4.79 Å². The summed E-state index contributed by atoms with van der Waals surface area (Å²) in [6, 6.07) is 8.26. The van der Waals surface area contributed by atoms with Gasteiger partial charge < -0.3 is 10.2 Å². The Morgan fingerprint density at radius 3 is 2.81 bits per heavy atom. The van der Waals surface area contributed by atoms with Gasteiger partial charge in [-0.3, -0.25) is 9.78 Å². The van der Waals surface area contributed by atoms with Crippen LogP contribution in [0, 0.1) is 0 Å². The molecule has 0 aliphatic carbocycles. The molecule has 0 saturated carbocycles. The van der Waals surface area contributed by atoms with Gasteiger partial charge in [0.25, 0.3) is 0 Å². The molecule has 0 aliphatic heterocycles. The lowest BCUT2D eigenvalue weighted by atomic mass is 10.1. The quantitative estimate of drug-likeness (QED) is 0.795. The van der Waals surface area contributed by atoms with Crippen molar-refractivity contribution >= 4 is 16.7 Å². The summed E-state index contributed by atoms with van der Waals surface area (Å²) in [6.07, 6.45) is 4.24. The van der Waals surface area contributed by atoms with Crippen LogP contribution in [0.5, 0.6) is 0 Å². The number of benzene rings is 1. The number of rotatable bonds is 7. The van der Waals surface area contributed by atoms with Gasteiger partial charge in [0.05, 0.1) is 0 Å². The van der Waals surface area contributed by atoms with Gasteiger partial charge >= 0.3 is 0 Å². The summed E-state index contributed by atoms with van der Waals surface area (Å²) in [6.45, 7) is 7.07. The summed E-state index contributed by atoms with van der Waals surface area (Å²) in [7, 11) is 0. The number of nitrogens with zero attached hydrogens (tertiary/aromatic N) is 2. The molecule has 0 bridgehead atoms. The Balaban J connectivity index is 1.87. The van der Waals surface area contributed by atoms with Gasteiger partial charge in [0.2, 0.25) is 5.91 Å². The van der Waals surface area contributed by atoms with E-state index < -0.39 is 0 Å². The van der Waals surface area contributed by atoms with Crippen LogP contribution >= 0.6 is 0 Å². The monoisotopic (exact) mass is 285 g/mol. The molecular weight excluding hydrogens is 262 g/mol. The molecule has 0 fully saturated rings. The number of pyridine rings is 1. The van der Waals surface area contributed by atoms with Gasteiger partial charge in [-0.05, 0) is 30.9 Å². The topological polar surface area (TPSA) is 45.2 Å². The van der Waals surface area contributed by atoms with Crippen LogP contribution in [0.1, 0.15) is 25.8 Å². The normalized spacial score (nSPS) is 10.8. The van der Waals surface area contributed by atoms with Gasteiger partial charge in [-0.2, -0.15) is 0 Å². The van der Waals surface area contributed by atoms with Gasteiger partial charge in [-0.25, -0.2) is 0 Å². The Hall–Kier alpha value is -1.94. The van der Waals surface area contributed by atoms with Crippen molar-refractivity contribution in [1.29, 1.82) is 0 Å². The number of hydrogen-bond donors (Lipinski definition) is 1. The summed E-state index contributed by atoms with van der Waals surface area (Å²) in [5.74, 6) is 0.217. The molecule has 0 saturated heterocycles. The second-order valence-corrected chi connectivity index (χ2v) is 5.01. The average Bonchev–Trinajstić information content (AvgIpc) is 2.53. The van der Waals surface area contributed by atoms with Crippen LogP contribution in [-0.4, -0.2) is 35.4 Å². The van der Waals surface area contributed by atoms with E-state index in [0.717, 1.165) is 25.0 Å². The number of carbonyl (C=O) groups excluding carboxylic acids is 1. The molecule has 1 heterocycles. The molecular formula is C17H23N3O. The van der Waals surface area contributed by atoms with Crippen LogP contribution < -0.4 is 5.32 Å². The zero-order chi connectivity index (χ0) is 15.1. The largest absolute Gasteiger partial charge is 0.343 e. The third-order valence-corrected chi connectivity index (χ3v) is 3.72. The Labute approximate surface area is 126 Å². The minimum atomic E-state index is 0.217. The van der Waals surface area contributed by atoms with E-state index in [4.69, 9.17) is 0 Å². The summed E-state index contributed by atoms with van der Waals surface area (Å²) in [4.78, 5) is 17.9. The summed E-state index contributed by atoms with van der Waals surface area (Å²) >= 11 is 0. The Kier molecular flexibility index (Phi) is 5.69. The van der Waals surface area contributed by atoms with Crippen LogP contribution in [-0.2, 0) is 11.3 Å². The minimum Gasteiger partial charge on any atom is -0.343 e. The molecule has 112 valence electrons. The van der Waals surface area contributed by atoms with E-state index >= 15 is 0 Å². The molecule has 0 atom stereocenters. The third-order valence-electron chi connectivity index (χ3n) is 3.72. The molecule has 1 N–H and O–H groups in total. The van der Waals surface area contributed by atoms with Gasteiger partial charge in [-0.1, -0.05) is 18.2 Å². The second kappa shape index (κ2) is 7.74. The van der Waals surface area contributed by atoms with E-state index in [0.29, 0.717) is 13.0 Å². The van der Waals surface area contributed by atoms with Crippen LogP contribution in [0.2, 0.25) is 0 Å². The Bertz CT molecular complexity index is 588. The molecule has 4 nitrogen and oxygen atoms in total. The minimum absolute atomic E-state index is 0.217. The van der Waals surface area contributed by atoms with Crippen LogP contribution in [0.3, 0.4) is 0 Å². The van der Waals surface area contributed by atoms with Crippen molar-refractivity contribution in [2.45, 2.75) is 26.8 Å². The highest BCUT2D eigenvalue weighted by molar-refractivity contribution is 5.84. The predicted octanol–water partition coefficient (Wildman–Crippen LogP) is 2.58. The smallest absolute Gasteiger partial charge is 0.223 e. The van der Waals surface area contributed by atoms with Gasteiger partial charge in [0, 0.05) is 50.4 Å². The fraction of sp³-hybridized carbons (Fsp3) is 0.412. The van der Waals surface area contributed by atoms with E-state index in [1.807, 2.05) is 43.3 Å². The fourth-order valence-corrected chi connectivity index (χ4v) is 2.50. The van der Waals surface area contributed by atoms with E-state index in [-0.39, 0.29) is 5.91 Å². The number of aromatic nitrogens is 1. The highest BCUT2D eigenvalue weighted by Gasteiger charge is 2.08. The first-order chi connectivity index (χ1) is 10.3. The molecule has 4 heteroatoms. The molecule has 1 amide bonds. The lowest BCUT2D eigenvalue weighted by molar-refractivity contribution is -0.130. The Morgan fingerprint density at radius 2 is 2.05 bits per heavy atom. The molecule has 1 aromatic carbocycles. The molecule has 2 rings (SSSR count). The number of hydrogen-bond acceptors (Lipinski definition) is 3. The van der Waals surface area contributed by atoms with Crippen LogP contribution in [0.15, 0.2) is 36.7 Å². The maximum absolute atomic E-state index is 11.9. The van der Waals surface area contributed by atoms with Gasteiger partial charge in [0.1, 0.15) is 0 Å². The summed E-state index contributed by atoms with van der Waals surface area (Å²) in [5.41, 5.74) is 1.24. The van der Waals surface area contributed by atoms with Crippen molar-refractivity contribution < 1.29 is 4.79 Å². The average molecular weight is 285 g/mol. The highest BCUT2D eigenvalue weighted by Crippen LogP contribution is 2.17. The van der Waals surface area contributed by atoms with Crippen molar-refractivity contribution in [2.24, 2.45) is 0 Å². The standard InChI is InChI=1S/C17H23N3O/c1-3-20(4-2)17(21)9-11-19-13-15-7-5-6-14-12-18-10-8-16(14)15/h5-8,10,12,19H,3-4,9,11,13H2,1-2H3. The zero-order valence-electron chi connectivity index (χ0n) is 12.8. The molecule has 21 heavy (non-hydrogen) atoms. The van der Waals surface area contributed by atoms with E-state index in [1.165, 1.54) is 10.9 Å². The molecule has 0 aliphatic rings. The maximum Gasteiger partial charge on any atom is 0.223 e. The highest BCUT2D eigenvalue weighted by atomic mass is 16.2. The van der Waals surface area contributed by atoms with Crippen molar-refractivity contribution in [3.63, 3.8) is 0 Å². The van der Waals surface area contributed by atoms with Crippen molar-refractivity contribution in [2.75, 3.05) is 19.6 Å². The third kappa shape index (κ3) is 4.02. The lowest BCUT2D eigenvalue weighted by Gasteiger charge is -2.18. The van der Waals surface area contributed by atoms with Gasteiger partial charge in [0.15, 0.2) is 0 Å². The van der Waals surface area contributed by atoms with Crippen LogP contribution in [0.25, 0.3) is 10.8 Å². The molecule has 2 aromatic rings. The van der Waals surface area contributed by atoms with Crippen molar-refractivity contribution in [3.8, 4) is 0 Å². The van der Waals surface area contributed by atoms with Crippen molar-refractivity contribution in [3.05, 3.63) is 42.2 Å². The molecule has 0 unspecified atom stereocenters. The first-order valence-corrected chi connectivity index (χ1v) is 7.56. The number of amides is 1. The number of fused-ring (bicyclic) bond motifs is 1. The van der Waals surface area contributed by atoms with Crippen molar-refractivity contribution in [1.82, 2.24) is 15.2 Å². The fourth-order valence-electron chi connectivity index (χ4n) is 2.50. The predicted molar refractivity (Wildman–Crippen MR) is 86.0 cm³/mol. The summed E-state index contributed by atoms with van der Waals surface area (Å²) < 4.78 is 0. The zero-order valence-corrected chi connectivity index (χ0v) is 12.8. The number of carbonyl (C=O) groups is 1. The summed E-state index contributed by atoms with van der Waals surface area (Å²) in [5, 5.41) is 5.73. The van der Waals surface area contributed by atoms with Crippen LogP contribution in [0.4, 0.5) is 0 Å². The lowest BCUT2D eigenvalue weighted by Crippen LogP contribution is -2.32. The Morgan fingerprint density at radius 1 is 1.24 bits per heavy atom. The second-order valence-electron chi connectivity index (χ2n) is 5.01. The molecule has 0 spiro atoms. The maximum atomic E-state index is 11.9. The molecule has 1 aromatic heterocycles. The number of nitrogens with one attached hydrogen (secondary N) is 1. The van der Waals surface area contributed by atoms with E-state index in [2.05, 4.69) is 22.4 Å². The molecule has 0 radical (unpaired) electrons. The first-order valence-electron chi connectivity index (χ1n) is 7.56.